The maximum Gasteiger partial charge on any atom is 2.00 e. The van der Waals surface area contributed by atoms with Crippen LogP contribution in [0.15, 0.2) is 88.9 Å². The molecule has 3 rings (SSSR count). The molecule has 81 heavy (non-hydrogen) atoms. The van der Waals surface area contributed by atoms with Gasteiger partial charge in [0.25, 0.3) is 0 Å². The molecule has 0 radical (unpaired) electrons. The minimum absolute atomic E-state index is 0. The number of aliphatic imine (C=N–C) groups is 2. The van der Waals surface area contributed by atoms with Gasteiger partial charge in [0.05, 0.1) is 17.1 Å². The molecule has 462 valence electrons. The minimum atomic E-state index is -0.386. The summed E-state index contributed by atoms with van der Waals surface area (Å²) < 4.78 is 0. The molecule has 0 amide bonds. The third kappa shape index (κ3) is 48.9. The standard InChI is InChI=1S/C66H114N2.C10H14O2.Ni/c1-3-5-7-9-11-13-15-17-19-21-23-25-26-27-28-29-30-31-32-34-36-38-40-42-44-46-48-51-57-66(62-67-64-55-52-49-53-56-64)68-65-60-58-63(59-61-65)54-50-47-45-43-41-39-37-35-33-24-22-20-18-16-14-12-10-8-6-4-2;1-2-3-5-8-6-4-7-9(11)10(8)12;/h49-50,52-56,58-62H,3-48,51,57H2,1-2H3;4,6-7,11-12H,2-3,5H2,1H3;/q;;+2/p-2. The van der Waals surface area contributed by atoms with Crippen LogP contribution in [0.1, 0.15) is 353 Å². The fourth-order valence-electron chi connectivity index (χ4n) is 11.1. The van der Waals surface area contributed by atoms with Crippen LogP contribution in [0.3, 0.4) is 0 Å². The van der Waals surface area contributed by atoms with Crippen molar-refractivity contribution in [3.8, 4) is 11.5 Å². The summed E-state index contributed by atoms with van der Waals surface area (Å²) >= 11 is 0. The van der Waals surface area contributed by atoms with Gasteiger partial charge in [-0.2, -0.15) is 0 Å². The van der Waals surface area contributed by atoms with Crippen molar-refractivity contribution in [3.05, 3.63) is 90.0 Å². The van der Waals surface area contributed by atoms with Gasteiger partial charge in [-0.05, 0) is 68.4 Å². The van der Waals surface area contributed by atoms with Gasteiger partial charge in [-0.25, -0.2) is 0 Å². The number of nitrogens with zero attached hydrogens (tertiary/aromatic N) is 2. The molecule has 0 aliphatic carbocycles. The smallest absolute Gasteiger partial charge is 0.873 e. The Bertz CT molecular complexity index is 1840. The van der Waals surface area contributed by atoms with Crippen molar-refractivity contribution >= 4 is 29.4 Å². The molecule has 3 aromatic carbocycles. The van der Waals surface area contributed by atoms with Crippen LogP contribution in [-0.2, 0) is 22.9 Å². The Kier molecular flexibility index (Phi) is 56.2. The van der Waals surface area contributed by atoms with E-state index in [1.807, 2.05) is 6.21 Å². The van der Waals surface area contributed by atoms with Crippen molar-refractivity contribution in [2.45, 2.75) is 348 Å². The van der Waals surface area contributed by atoms with Gasteiger partial charge >= 0.3 is 16.5 Å². The van der Waals surface area contributed by atoms with Gasteiger partial charge in [-0.15, -0.1) is 11.5 Å². The second-order valence-electron chi connectivity index (χ2n) is 24.1. The van der Waals surface area contributed by atoms with E-state index in [1.165, 1.54) is 313 Å². The molecule has 0 fully saturated rings. The van der Waals surface area contributed by atoms with Crippen LogP contribution in [-0.4, -0.2) is 11.9 Å². The van der Waals surface area contributed by atoms with E-state index in [2.05, 4.69) is 87.5 Å². The predicted octanol–water partition coefficient (Wildman–Crippen LogP) is 25.1. The summed E-state index contributed by atoms with van der Waals surface area (Å²) in [6.45, 7) is 6.68. The Morgan fingerprint density at radius 2 is 0.716 bits per heavy atom. The SMILES string of the molecule is CCCCCCCCCCCCCCCCCCCCC=Cc1ccc(N=C(C=Nc2ccccc2)CCCCCCCCCCCCCCCCCCCCCCCCCCCCCC)cc1.CCCCc1cccc([O-])c1[O-].[Ni+2]. The Labute approximate surface area is 512 Å². The Hall–Kier alpha value is -3.17. The first-order valence-electron chi connectivity index (χ1n) is 35.0. The fraction of sp³-hybridized carbons (Fsp3) is 0.711. The van der Waals surface area contributed by atoms with Crippen LogP contribution >= 0.6 is 0 Å². The Balaban J connectivity index is 0.00000222. The van der Waals surface area contributed by atoms with E-state index in [9.17, 15) is 10.2 Å². The van der Waals surface area contributed by atoms with E-state index in [0.717, 1.165) is 42.8 Å². The number of rotatable bonds is 55. The fourth-order valence-corrected chi connectivity index (χ4v) is 11.1. The number of unbranched alkanes of at least 4 members (excludes halogenated alkanes) is 46. The topological polar surface area (TPSA) is 70.8 Å². The van der Waals surface area contributed by atoms with Crippen LogP contribution < -0.4 is 10.2 Å². The van der Waals surface area contributed by atoms with E-state index in [4.69, 9.17) is 9.98 Å². The number of benzene rings is 3. The zero-order valence-electron chi connectivity index (χ0n) is 53.2. The number of para-hydroxylation sites is 2. The molecule has 0 unspecified atom stereocenters. The van der Waals surface area contributed by atoms with Crippen LogP contribution in [0.2, 0.25) is 0 Å². The van der Waals surface area contributed by atoms with E-state index < -0.39 is 0 Å². The number of aryl methyl sites for hydroxylation is 1. The maximum absolute atomic E-state index is 11.2. The third-order valence-corrected chi connectivity index (χ3v) is 16.5. The van der Waals surface area contributed by atoms with Gasteiger partial charge in [0.15, 0.2) is 0 Å². The second-order valence-corrected chi connectivity index (χ2v) is 24.1. The summed E-state index contributed by atoms with van der Waals surface area (Å²) in [4.78, 5) is 9.87. The van der Waals surface area contributed by atoms with E-state index in [-0.39, 0.29) is 28.0 Å². The molecule has 0 heterocycles. The van der Waals surface area contributed by atoms with Gasteiger partial charge in [-0.1, -0.05) is 376 Å². The first-order chi connectivity index (χ1) is 39.6. The minimum Gasteiger partial charge on any atom is -0.873 e. The first-order valence-corrected chi connectivity index (χ1v) is 35.0. The van der Waals surface area contributed by atoms with Gasteiger partial charge in [0.2, 0.25) is 0 Å². The largest absolute Gasteiger partial charge is 2.00 e. The summed E-state index contributed by atoms with van der Waals surface area (Å²) in [5, 5.41) is 22.1. The average Bonchev–Trinajstić information content (AvgIpc) is 3.48. The quantitative estimate of drug-likeness (QED) is 0.0321. The van der Waals surface area contributed by atoms with Crippen molar-refractivity contribution in [1.29, 1.82) is 0 Å². The van der Waals surface area contributed by atoms with Crippen molar-refractivity contribution in [2.24, 2.45) is 9.98 Å². The zero-order valence-corrected chi connectivity index (χ0v) is 54.2. The molecular formula is C76H126N2NiO2. The van der Waals surface area contributed by atoms with Crippen LogP contribution in [0.25, 0.3) is 6.08 Å². The number of allylic oxidation sites excluding steroid dienone is 1. The Morgan fingerprint density at radius 1 is 0.358 bits per heavy atom. The van der Waals surface area contributed by atoms with Crippen LogP contribution in [0, 0.1) is 0 Å². The molecule has 0 atom stereocenters. The molecule has 0 saturated carbocycles. The van der Waals surface area contributed by atoms with E-state index >= 15 is 0 Å². The second kappa shape index (κ2) is 60.0. The molecule has 0 bridgehead atoms. The first kappa shape index (κ1) is 75.8. The molecule has 0 aliphatic heterocycles. The summed E-state index contributed by atoms with van der Waals surface area (Å²) in [5.41, 5.74) is 5.03. The molecule has 0 aromatic heterocycles. The third-order valence-electron chi connectivity index (χ3n) is 16.5. The van der Waals surface area contributed by atoms with Gasteiger partial charge < -0.3 is 10.2 Å². The van der Waals surface area contributed by atoms with Crippen LogP contribution in [0.4, 0.5) is 11.4 Å². The number of hydrogen-bond acceptors (Lipinski definition) is 4. The van der Waals surface area contributed by atoms with E-state index in [0.29, 0.717) is 5.56 Å². The van der Waals surface area contributed by atoms with Gasteiger partial charge in [0.1, 0.15) is 0 Å². The van der Waals surface area contributed by atoms with Crippen molar-refractivity contribution in [3.63, 3.8) is 0 Å². The van der Waals surface area contributed by atoms with Crippen molar-refractivity contribution in [2.75, 3.05) is 0 Å². The molecule has 0 N–H and O–H groups in total. The summed E-state index contributed by atoms with van der Waals surface area (Å²) in [7, 11) is 0. The molecule has 0 spiro atoms. The average molecular weight is 1160 g/mol. The maximum atomic E-state index is 11.2. The molecule has 5 heteroatoms. The van der Waals surface area contributed by atoms with Crippen molar-refractivity contribution in [1.82, 2.24) is 0 Å². The Morgan fingerprint density at radius 3 is 1.10 bits per heavy atom. The van der Waals surface area contributed by atoms with Crippen LogP contribution in [0.5, 0.6) is 11.5 Å². The molecule has 4 nitrogen and oxygen atoms in total. The van der Waals surface area contributed by atoms with E-state index in [1.54, 1.807) is 12.1 Å². The molecule has 3 aromatic rings. The van der Waals surface area contributed by atoms with Crippen molar-refractivity contribution < 1.29 is 26.7 Å². The molecular weight excluding hydrogens is 1030 g/mol. The monoisotopic (exact) mass is 1160 g/mol. The zero-order chi connectivity index (χ0) is 57.1. The summed E-state index contributed by atoms with van der Waals surface area (Å²) in [6, 6.07) is 23.8. The molecule has 0 saturated heterocycles. The number of hydrogen-bond donors (Lipinski definition) is 0. The predicted molar refractivity (Wildman–Crippen MR) is 354 cm³/mol. The summed E-state index contributed by atoms with van der Waals surface area (Å²) in [6.07, 6.45) is 77.5. The normalized spacial score (nSPS) is 11.7. The van der Waals surface area contributed by atoms with Gasteiger partial charge in [-0.3, -0.25) is 9.98 Å². The summed E-state index contributed by atoms with van der Waals surface area (Å²) in [5.74, 6) is -0.713. The van der Waals surface area contributed by atoms with Gasteiger partial charge in [0, 0.05) is 6.21 Å². The molecule has 0 aliphatic rings.